The predicted octanol–water partition coefficient (Wildman–Crippen LogP) is 4.74. The van der Waals surface area contributed by atoms with Crippen LogP contribution in [0.3, 0.4) is 0 Å². The molecule has 2 aromatic carbocycles. The Labute approximate surface area is 155 Å². The van der Waals surface area contributed by atoms with Crippen LogP contribution in [0, 0.1) is 11.6 Å². The molecule has 136 valence electrons. The number of methoxy groups -OCH3 is 1. The molecule has 0 atom stereocenters. The Kier molecular flexibility index (Phi) is 5.85. The van der Waals surface area contributed by atoms with E-state index in [0.29, 0.717) is 29.7 Å². The van der Waals surface area contributed by atoms with Crippen LogP contribution < -0.4 is 5.32 Å². The van der Waals surface area contributed by atoms with E-state index in [1.54, 1.807) is 37.6 Å². The van der Waals surface area contributed by atoms with Crippen molar-refractivity contribution in [3.05, 3.63) is 70.9 Å². The number of hydrogen-bond acceptors (Lipinski definition) is 3. The largest absolute Gasteiger partial charge is 0.383 e. The van der Waals surface area contributed by atoms with E-state index >= 15 is 0 Å². The molecule has 0 amide bonds. The van der Waals surface area contributed by atoms with Gasteiger partial charge in [0.15, 0.2) is 0 Å². The van der Waals surface area contributed by atoms with Crippen LogP contribution >= 0.6 is 11.6 Å². The molecule has 0 aliphatic heterocycles. The van der Waals surface area contributed by atoms with Gasteiger partial charge in [-0.25, -0.2) is 13.8 Å². The summed E-state index contributed by atoms with van der Waals surface area (Å²) in [5.74, 6) is -0.122. The van der Waals surface area contributed by atoms with E-state index in [9.17, 15) is 8.78 Å². The molecule has 3 aromatic rings. The molecule has 26 heavy (non-hydrogen) atoms. The summed E-state index contributed by atoms with van der Waals surface area (Å²) in [6.45, 7) is 1.20. The maximum Gasteiger partial charge on any atom is 0.203 e. The highest BCUT2D eigenvalue weighted by molar-refractivity contribution is 6.31. The lowest BCUT2D eigenvalue weighted by atomic mass is 10.1. The second-order valence-corrected chi connectivity index (χ2v) is 6.08. The minimum Gasteiger partial charge on any atom is -0.383 e. The lowest BCUT2D eigenvalue weighted by molar-refractivity contribution is 0.188. The van der Waals surface area contributed by atoms with Gasteiger partial charge in [0.05, 0.1) is 18.5 Å². The molecule has 1 heterocycles. The molecule has 0 fully saturated rings. The normalized spacial score (nSPS) is 10.9. The number of halogens is 3. The van der Waals surface area contributed by atoms with E-state index < -0.39 is 0 Å². The number of anilines is 1. The van der Waals surface area contributed by atoms with E-state index in [4.69, 9.17) is 16.3 Å². The summed E-state index contributed by atoms with van der Waals surface area (Å²) in [6.07, 6.45) is 1.69. The third kappa shape index (κ3) is 4.03. The number of nitrogens with one attached hydrogen (secondary N) is 1. The molecule has 0 radical (unpaired) electrons. The van der Waals surface area contributed by atoms with Crippen molar-refractivity contribution in [2.24, 2.45) is 0 Å². The topological polar surface area (TPSA) is 39.1 Å². The molecule has 1 N–H and O–H groups in total. The van der Waals surface area contributed by atoms with Gasteiger partial charge in [-0.15, -0.1) is 0 Å². The number of nitrogens with zero attached hydrogens (tertiary/aromatic N) is 2. The Morgan fingerprint density at radius 1 is 1.15 bits per heavy atom. The Bertz CT molecular complexity index is 861. The van der Waals surface area contributed by atoms with E-state index in [1.807, 2.05) is 4.57 Å². The first-order valence-electron chi connectivity index (χ1n) is 8.07. The zero-order valence-electron chi connectivity index (χ0n) is 14.2. The van der Waals surface area contributed by atoms with Crippen LogP contribution in [-0.2, 0) is 17.8 Å². The first kappa shape index (κ1) is 18.4. The van der Waals surface area contributed by atoms with Crippen molar-refractivity contribution in [2.45, 2.75) is 13.1 Å². The third-order valence-corrected chi connectivity index (χ3v) is 4.35. The Morgan fingerprint density at radius 3 is 2.62 bits per heavy atom. The standard InChI is InChI=1S/C19H18ClF2N3O/c1-26-10-9-25-18(13-5-7-14(21)8-6-13)12-24-19(25)23-11-15-16(20)3-2-4-17(15)22/h2-8,12H,9-11H2,1H3,(H,23,24). The lowest BCUT2D eigenvalue weighted by Gasteiger charge is -2.14. The molecule has 0 bridgehead atoms. The van der Waals surface area contributed by atoms with Gasteiger partial charge in [-0.1, -0.05) is 17.7 Å². The Hall–Kier alpha value is -2.44. The highest BCUT2D eigenvalue weighted by Crippen LogP contribution is 2.25. The van der Waals surface area contributed by atoms with Crippen LogP contribution in [0.5, 0.6) is 0 Å². The molecule has 3 rings (SSSR count). The van der Waals surface area contributed by atoms with Crippen molar-refractivity contribution < 1.29 is 13.5 Å². The number of benzene rings is 2. The fourth-order valence-electron chi connectivity index (χ4n) is 2.65. The molecule has 0 unspecified atom stereocenters. The molecule has 0 aliphatic carbocycles. The Balaban J connectivity index is 1.88. The number of rotatable bonds is 7. The monoisotopic (exact) mass is 377 g/mol. The summed E-state index contributed by atoms with van der Waals surface area (Å²) in [5, 5.41) is 3.47. The molecular formula is C19H18ClF2N3O. The predicted molar refractivity (Wildman–Crippen MR) is 98.2 cm³/mol. The molecule has 1 aromatic heterocycles. The average molecular weight is 378 g/mol. The minimum atomic E-state index is -0.376. The van der Waals surface area contributed by atoms with Gasteiger partial charge in [0.25, 0.3) is 0 Å². The maximum absolute atomic E-state index is 14.0. The van der Waals surface area contributed by atoms with E-state index in [-0.39, 0.29) is 18.2 Å². The quantitative estimate of drug-likeness (QED) is 0.646. The minimum absolute atomic E-state index is 0.193. The summed E-state index contributed by atoms with van der Waals surface area (Å²) >= 11 is 6.07. The van der Waals surface area contributed by atoms with E-state index in [1.165, 1.54) is 18.2 Å². The van der Waals surface area contributed by atoms with Crippen LogP contribution in [-0.4, -0.2) is 23.3 Å². The van der Waals surface area contributed by atoms with Crippen LogP contribution in [0.1, 0.15) is 5.56 Å². The number of hydrogen-bond donors (Lipinski definition) is 1. The summed E-state index contributed by atoms with van der Waals surface area (Å²) in [4.78, 5) is 4.38. The molecule has 4 nitrogen and oxygen atoms in total. The molecule has 0 aliphatic rings. The van der Waals surface area contributed by atoms with Gasteiger partial charge in [-0.05, 0) is 36.4 Å². The van der Waals surface area contributed by atoms with Gasteiger partial charge in [0, 0.05) is 36.3 Å². The molecule has 0 spiro atoms. The van der Waals surface area contributed by atoms with Gasteiger partial charge in [0.2, 0.25) is 5.95 Å². The van der Waals surface area contributed by atoms with Crippen LogP contribution in [0.4, 0.5) is 14.7 Å². The lowest BCUT2D eigenvalue weighted by Crippen LogP contribution is -2.12. The molecular weight excluding hydrogens is 360 g/mol. The fourth-order valence-corrected chi connectivity index (χ4v) is 2.88. The maximum atomic E-state index is 14.0. The molecule has 0 saturated carbocycles. The van der Waals surface area contributed by atoms with Gasteiger partial charge >= 0.3 is 0 Å². The van der Waals surface area contributed by atoms with Crippen molar-refractivity contribution in [3.63, 3.8) is 0 Å². The summed E-state index contributed by atoms with van der Waals surface area (Å²) in [6, 6.07) is 10.7. The zero-order valence-corrected chi connectivity index (χ0v) is 14.9. The third-order valence-electron chi connectivity index (χ3n) is 4.00. The molecule has 7 heteroatoms. The first-order chi connectivity index (χ1) is 12.6. The van der Waals surface area contributed by atoms with Crippen molar-refractivity contribution in [1.82, 2.24) is 9.55 Å². The summed E-state index contributed by atoms with van der Waals surface area (Å²) in [5.41, 5.74) is 2.01. The van der Waals surface area contributed by atoms with Gasteiger partial charge in [-0.3, -0.25) is 0 Å². The van der Waals surface area contributed by atoms with Crippen LogP contribution in [0.2, 0.25) is 5.02 Å². The second kappa shape index (κ2) is 8.29. The smallest absolute Gasteiger partial charge is 0.203 e. The van der Waals surface area contributed by atoms with Crippen molar-refractivity contribution in [1.29, 1.82) is 0 Å². The summed E-state index contributed by atoms with van der Waals surface area (Å²) < 4.78 is 34.2. The van der Waals surface area contributed by atoms with Gasteiger partial charge < -0.3 is 14.6 Å². The molecule has 0 saturated heterocycles. The number of ether oxygens (including phenoxy) is 1. The SMILES string of the molecule is COCCn1c(-c2ccc(F)cc2)cnc1NCc1c(F)cccc1Cl. The zero-order chi connectivity index (χ0) is 18.5. The average Bonchev–Trinajstić information content (AvgIpc) is 3.03. The number of imidazole rings is 1. The highest BCUT2D eigenvalue weighted by Gasteiger charge is 2.13. The second-order valence-electron chi connectivity index (χ2n) is 5.67. The van der Waals surface area contributed by atoms with Crippen molar-refractivity contribution in [3.8, 4) is 11.3 Å². The fraction of sp³-hybridized carbons (Fsp3) is 0.211. The van der Waals surface area contributed by atoms with Gasteiger partial charge in [-0.2, -0.15) is 0 Å². The van der Waals surface area contributed by atoms with Crippen molar-refractivity contribution >= 4 is 17.5 Å². The van der Waals surface area contributed by atoms with Crippen molar-refractivity contribution in [2.75, 3.05) is 19.0 Å². The van der Waals surface area contributed by atoms with E-state index in [2.05, 4.69) is 10.3 Å². The highest BCUT2D eigenvalue weighted by atomic mass is 35.5. The van der Waals surface area contributed by atoms with Gasteiger partial charge in [0.1, 0.15) is 11.6 Å². The number of aromatic nitrogens is 2. The van der Waals surface area contributed by atoms with E-state index in [0.717, 1.165) is 11.3 Å². The summed E-state index contributed by atoms with van der Waals surface area (Å²) in [7, 11) is 1.61. The first-order valence-corrected chi connectivity index (χ1v) is 8.45. The van der Waals surface area contributed by atoms with Crippen LogP contribution in [0.15, 0.2) is 48.7 Å². The Morgan fingerprint density at radius 2 is 1.92 bits per heavy atom. The van der Waals surface area contributed by atoms with Crippen LogP contribution in [0.25, 0.3) is 11.3 Å².